The normalized spacial score (nSPS) is 11.9. The van der Waals surface area contributed by atoms with Crippen LogP contribution in [0.4, 0.5) is 0 Å². The number of para-hydroxylation sites is 1. The Bertz CT molecular complexity index is 835. The van der Waals surface area contributed by atoms with Gasteiger partial charge in [0, 0.05) is 30.6 Å². The lowest BCUT2D eigenvalue weighted by molar-refractivity contribution is -0.138. The molecule has 0 aliphatic rings. The molecule has 2 aromatic carbocycles. The lowest BCUT2D eigenvalue weighted by atomic mass is 10.1. The van der Waals surface area contributed by atoms with E-state index >= 15 is 0 Å². The molecular formula is C19H18N2O3. The number of rotatable bonds is 4. The third kappa shape index (κ3) is 3.15. The van der Waals surface area contributed by atoms with Crippen molar-refractivity contribution in [1.29, 1.82) is 0 Å². The van der Waals surface area contributed by atoms with Gasteiger partial charge in [-0.15, -0.1) is 0 Å². The monoisotopic (exact) mass is 322 g/mol. The molecule has 0 aliphatic carbocycles. The number of fused-ring (bicyclic) bond motifs is 1. The standard InChI is InChI=1S/C19H18N2O3/c1-21(2)18(22)17(13-8-4-3-5-9-13)24-19(23)16-12-14-10-6-7-11-15(14)20-16/h3-12,17,20H,1-2H3. The molecule has 0 radical (unpaired) electrons. The lowest BCUT2D eigenvalue weighted by Crippen LogP contribution is -2.31. The van der Waals surface area contributed by atoms with Crippen molar-refractivity contribution in [1.82, 2.24) is 9.88 Å². The van der Waals surface area contributed by atoms with E-state index in [2.05, 4.69) is 4.98 Å². The number of hydrogen-bond acceptors (Lipinski definition) is 3. The average molecular weight is 322 g/mol. The molecule has 5 heteroatoms. The number of hydrogen-bond donors (Lipinski definition) is 1. The van der Waals surface area contributed by atoms with Crippen LogP contribution in [-0.2, 0) is 9.53 Å². The molecule has 1 atom stereocenters. The number of likely N-dealkylation sites (N-methyl/N-ethyl adjacent to an activating group) is 1. The Morgan fingerprint density at radius 1 is 1.00 bits per heavy atom. The number of nitrogens with zero attached hydrogens (tertiary/aromatic N) is 1. The molecule has 3 aromatic rings. The molecule has 122 valence electrons. The second-order valence-corrected chi connectivity index (χ2v) is 5.70. The summed E-state index contributed by atoms with van der Waals surface area (Å²) >= 11 is 0. The first-order chi connectivity index (χ1) is 11.6. The smallest absolute Gasteiger partial charge is 0.355 e. The van der Waals surface area contributed by atoms with Crippen LogP contribution in [0.25, 0.3) is 10.9 Å². The first-order valence-electron chi connectivity index (χ1n) is 7.61. The number of aromatic nitrogens is 1. The first kappa shape index (κ1) is 15.8. The summed E-state index contributed by atoms with van der Waals surface area (Å²) in [6.45, 7) is 0. The molecule has 0 saturated heterocycles. The third-order valence-electron chi connectivity index (χ3n) is 3.74. The zero-order valence-corrected chi connectivity index (χ0v) is 13.5. The van der Waals surface area contributed by atoms with Crippen molar-refractivity contribution >= 4 is 22.8 Å². The number of nitrogens with one attached hydrogen (secondary N) is 1. The molecular weight excluding hydrogens is 304 g/mol. The summed E-state index contributed by atoms with van der Waals surface area (Å²) in [5.41, 5.74) is 1.81. The van der Waals surface area contributed by atoms with E-state index in [1.165, 1.54) is 4.90 Å². The molecule has 0 spiro atoms. The first-order valence-corrected chi connectivity index (χ1v) is 7.61. The Morgan fingerprint density at radius 2 is 1.67 bits per heavy atom. The van der Waals surface area contributed by atoms with Crippen molar-refractivity contribution in [3.05, 3.63) is 71.9 Å². The molecule has 1 amide bonds. The Hall–Kier alpha value is -3.08. The predicted molar refractivity (Wildman–Crippen MR) is 91.6 cm³/mol. The number of amides is 1. The minimum Gasteiger partial charge on any atom is -0.443 e. The van der Waals surface area contributed by atoms with Crippen LogP contribution in [0.3, 0.4) is 0 Å². The van der Waals surface area contributed by atoms with E-state index in [1.54, 1.807) is 32.3 Å². The Balaban J connectivity index is 1.89. The van der Waals surface area contributed by atoms with E-state index in [4.69, 9.17) is 4.74 Å². The topological polar surface area (TPSA) is 62.4 Å². The van der Waals surface area contributed by atoms with Gasteiger partial charge in [-0.05, 0) is 12.1 Å². The molecule has 1 heterocycles. The summed E-state index contributed by atoms with van der Waals surface area (Å²) in [6.07, 6.45) is -0.972. The zero-order chi connectivity index (χ0) is 17.1. The second-order valence-electron chi connectivity index (χ2n) is 5.70. The highest BCUT2D eigenvalue weighted by atomic mass is 16.5. The molecule has 5 nitrogen and oxygen atoms in total. The minimum absolute atomic E-state index is 0.286. The molecule has 0 bridgehead atoms. The number of H-pyrrole nitrogens is 1. The maximum atomic E-state index is 12.5. The SMILES string of the molecule is CN(C)C(=O)C(OC(=O)c1cc2ccccc2[nH]1)c1ccccc1. The lowest BCUT2D eigenvalue weighted by Gasteiger charge is -2.20. The predicted octanol–water partition coefficient (Wildman–Crippen LogP) is 3.15. The van der Waals surface area contributed by atoms with Crippen LogP contribution >= 0.6 is 0 Å². The maximum absolute atomic E-state index is 12.5. The fraction of sp³-hybridized carbons (Fsp3) is 0.158. The van der Waals surface area contributed by atoms with Crippen molar-refractivity contribution in [3.63, 3.8) is 0 Å². The van der Waals surface area contributed by atoms with E-state index in [0.717, 1.165) is 10.9 Å². The molecule has 1 unspecified atom stereocenters. The van der Waals surface area contributed by atoms with Gasteiger partial charge in [0.05, 0.1) is 0 Å². The highest BCUT2D eigenvalue weighted by molar-refractivity contribution is 5.96. The van der Waals surface area contributed by atoms with Crippen LogP contribution < -0.4 is 0 Å². The number of aromatic amines is 1. The quantitative estimate of drug-likeness (QED) is 0.751. The summed E-state index contributed by atoms with van der Waals surface area (Å²) in [4.78, 5) is 29.4. The van der Waals surface area contributed by atoms with Gasteiger partial charge < -0.3 is 14.6 Å². The molecule has 0 aliphatic heterocycles. The van der Waals surface area contributed by atoms with E-state index in [1.807, 2.05) is 42.5 Å². The van der Waals surface area contributed by atoms with Gasteiger partial charge in [0.1, 0.15) is 5.69 Å². The Kier molecular flexibility index (Phi) is 4.33. The molecule has 3 rings (SSSR count). The molecule has 24 heavy (non-hydrogen) atoms. The number of esters is 1. The van der Waals surface area contributed by atoms with Crippen LogP contribution in [0.2, 0.25) is 0 Å². The van der Waals surface area contributed by atoms with Gasteiger partial charge in [-0.2, -0.15) is 0 Å². The largest absolute Gasteiger partial charge is 0.443 e. The summed E-state index contributed by atoms with van der Waals surface area (Å²) < 4.78 is 5.51. The third-order valence-corrected chi connectivity index (χ3v) is 3.74. The van der Waals surface area contributed by atoms with E-state index < -0.39 is 12.1 Å². The van der Waals surface area contributed by atoms with E-state index in [-0.39, 0.29) is 5.91 Å². The van der Waals surface area contributed by atoms with Crippen LogP contribution in [0.5, 0.6) is 0 Å². The minimum atomic E-state index is -0.972. The molecule has 0 saturated carbocycles. The average Bonchev–Trinajstić information content (AvgIpc) is 3.04. The van der Waals surface area contributed by atoms with E-state index in [0.29, 0.717) is 11.3 Å². The summed E-state index contributed by atoms with van der Waals surface area (Å²) in [6, 6.07) is 18.3. The highest BCUT2D eigenvalue weighted by Crippen LogP contribution is 2.22. The summed E-state index contributed by atoms with van der Waals surface area (Å²) in [5.74, 6) is -0.846. The maximum Gasteiger partial charge on any atom is 0.355 e. The number of carbonyl (C=O) groups is 2. The fourth-order valence-corrected chi connectivity index (χ4v) is 2.48. The second kappa shape index (κ2) is 6.58. The van der Waals surface area contributed by atoms with Crippen LogP contribution in [0, 0.1) is 0 Å². The molecule has 1 aromatic heterocycles. The van der Waals surface area contributed by atoms with Crippen LogP contribution in [0.15, 0.2) is 60.7 Å². The Labute approximate surface area is 139 Å². The summed E-state index contributed by atoms with van der Waals surface area (Å²) in [5, 5.41) is 0.916. The fourth-order valence-electron chi connectivity index (χ4n) is 2.48. The van der Waals surface area contributed by atoms with Gasteiger partial charge in [-0.3, -0.25) is 4.79 Å². The van der Waals surface area contributed by atoms with Crippen molar-refractivity contribution in [3.8, 4) is 0 Å². The van der Waals surface area contributed by atoms with E-state index in [9.17, 15) is 9.59 Å². The van der Waals surface area contributed by atoms with Crippen molar-refractivity contribution in [2.75, 3.05) is 14.1 Å². The van der Waals surface area contributed by atoms with Gasteiger partial charge in [0.15, 0.2) is 0 Å². The van der Waals surface area contributed by atoms with Gasteiger partial charge >= 0.3 is 5.97 Å². The van der Waals surface area contributed by atoms with Gasteiger partial charge in [-0.25, -0.2) is 4.79 Å². The van der Waals surface area contributed by atoms with Crippen molar-refractivity contribution in [2.24, 2.45) is 0 Å². The van der Waals surface area contributed by atoms with Crippen molar-refractivity contribution < 1.29 is 14.3 Å². The number of carbonyl (C=O) groups excluding carboxylic acids is 2. The number of ether oxygens (including phenoxy) is 1. The van der Waals surface area contributed by atoms with Gasteiger partial charge in [0.2, 0.25) is 6.10 Å². The van der Waals surface area contributed by atoms with Crippen LogP contribution in [-0.4, -0.2) is 35.9 Å². The Morgan fingerprint density at radius 3 is 2.33 bits per heavy atom. The van der Waals surface area contributed by atoms with Gasteiger partial charge in [0.25, 0.3) is 5.91 Å². The zero-order valence-electron chi connectivity index (χ0n) is 13.5. The molecule has 1 N–H and O–H groups in total. The molecule has 0 fully saturated rings. The van der Waals surface area contributed by atoms with Crippen molar-refractivity contribution in [2.45, 2.75) is 6.10 Å². The van der Waals surface area contributed by atoms with Gasteiger partial charge in [-0.1, -0.05) is 48.5 Å². The van der Waals surface area contributed by atoms with Crippen LogP contribution in [0.1, 0.15) is 22.2 Å². The number of benzene rings is 2. The highest BCUT2D eigenvalue weighted by Gasteiger charge is 2.27. The summed E-state index contributed by atoms with van der Waals surface area (Å²) in [7, 11) is 3.27.